The van der Waals surface area contributed by atoms with Crippen molar-refractivity contribution in [3.63, 3.8) is 0 Å². The minimum atomic E-state index is -4.37. The van der Waals surface area contributed by atoms with Crippen LogP contribution in [0.1, 0.15) is 22.3 Å². The molecule has 27 heavy (non-hydrogen) atoms. The van der Waals surface area contributed by atoms with E-state index in [1.165, 1.54) is 12.1 Å². The lowest BCUT2D eigenvalue weighted by atomic mass is 9.98. The number of benzene rings is 2. The van der Waals surface area contributed by atoms with Gasteiger partial charge in [-0.15, -0.1) is 0 Å². The number of alkyl halides is 3. The molecule has 0 aliphatic heterocycles. The Balaban J connectivity index is 2.69. The van der Waals surface area contributed by atoms with Crippen LogP contribution in [-0.2, 0) is 12.6 Å². The van der Waals surface area contributed by atoms with E-state index in [0.29, 0.717) is 17.5 Å². The quantitative estimate of drug-likeness (QED) is 0.637. The topological polar surface area (TPSA) is 23.8 Å². The Morgan fingerprint density at radius 2 is 1.44 bits per heavy atom. The molecular formula is C21H26F3NSi2. The third-order valence-corrected chi connectivity index (χ3v) is 8.79. The largest absolute Gasteiger partial charge is 0.416 e. The van der Waals surface area contributed by atoms with E-state index in [4.69, 9.17) is 0 Å². The summed E-state index contributed by atoms with van der Waals surface area (Å²) in [5.74, 6) is 0. The van der Waals surface area contributed by atoms with Crippen LogP contribution in [0.5, 0.6) is 0 Å². The van der Waals surface area contributed by atoms with Crippen LogP contribution in [0, 0.1) is 11.3 Å². The van der Waals surface area contributed by atoms with E-state index < -0.39 is 27.9 Å². The van der Waals surface area contributed by atoms with E-state index >= 15 is 0 Å². The number of hydrogen-bond donors (Lipinski definition) is 0. The summed E-state index contributed by atoms with van der Waals surface area (Å²) in [6, 6.07) is 12.0. The third kappa shape index (κ3) is 4.91. The van der Waals surface area contributed by atoms with Crippen molar-refractivity contribution < 1.29 is 13.2 Å². The maximum Gasteiger partial charge on any atom is 0.416 e. The van der Waals surface area contributed by atoms with Crippen molar-refractivity contribution in [2.75, 3.05) is 0 Å². The van der Waals surface area contributed by atoms with E-state index in [2.05, 4.69) is 57.5 Å². The van der Waals surface area contributed by atoms with Crippen LogP contribution in [0.3, 0.4) is 0 Å². The molecule has 0 N–H and O–H groups in total. The fourth-order valence-electron chi connectivity index (χ4n) is 3.35. The van der Waals surface area contributed by atoms with Gasteiger partial charge in [-0.2, -0.15) is 18.4 Å². The zero-order chi connectivity index (χ0) is 20.6. The van der Waals surface area contributed by atoms with Crippen molar-refractivity contribution in [3.05, 3.63) is 58.7 Å². The van der Waals surface area contributed by atoms with Gasteiger partial charge in [0.05, 0.1) is 33.3 Å². The van der Waals surface area contributed by atoms with Gasteiger partial charge in [0.2, 0.25) is 0 Å². The van der Waals surface area contributed by atoms with Gasteiger partial charge in [-0.3, -0.25) is 0 Å². The van der Waals surface area contributed by atoms with Crippen molar-refractivity contribution in [2.24, 2.45) is 0 Å². The molecule has 0 amide bonds. The Labute approximate surface area is 161 Å². The van der Waals surface area contributed by atoms with Gasteiger partial charge in [0.15, 0.2) is 0 Å². The molecule has 0 saturated heterocycles. The molecule has 0 bridgehead atoms. The van der Waals surface area contributed by atoms with E-state index in [9.17, 15) is 18.4 Å². The molecule has 0 heterocycles. The van der Waals surface area contributed by atoms with Crippen LogP contribution in [-0.4, -0.2) is 16.1 Å². The number of halogens is 3. The van der Waals surface area contributed by atoms with Gasteiger partial charge in [-0.05, 0) is 28.8 Å². The SMILES string of the molecule is C[Si](C)(C)c1ccc([Si](C)(C)C)c(Cc2cccc(C(F)(F)F)c2)c1C#N. The summed E-state index contributed by atoms with van der Waals surface area (Å²) in [6.45, 7) is 13.2. The normalized spacial score (nSPS) is 12.7. The van der Waals surface area contributed by atoms with Gasteiger partial charge in [-0.1, -0.05) is 74.8 Å². The maximum atomic E-state index is 13.1. The molecule has 0 aliphatic carbocycles. The highest BCUT2D eigenvalue weighted by atomic mass is 28.3. The molecule has 0 atom stereocenters. The first kappa shape index (κ1) is 21.5. The second-order valence-electron chi connectivity index (χ2n) is 9.00. The summed E-state index contributed by atoms with van der Waals surface area (Å²) in [7, 11) is -3.53. The van der Waals surface area contributed by atoms with Crippen LogP contribution in [0.4, 0.5) is 13.2 Å². The standard InChI is InChI=1S/C21H26F3NSi2/c1-26(2,3)19-10-11-20(27(4,5)6)18(14-25)17(19)13-15-8-7-9-16(12-15)21(22,23)24/h7-12H,13H2,1-6H3. The molecule has 2 rings (SSSR count). The number of rotatable bonds is 4. The molecule has 1 nitrogen and oxygen atoms in total. The Hall–Kier alpha value is -1.85. The molecule has 6 heteroatoms. The summed E-state index contributed by atoms with van der Waals surface area (Å²) in [5, 5.41) is 12.2. The highest BCUT2D eigenvalue weighted by Gasteiger charge is 2.31. The summed E-state index contributed by atoms with van der Waals surface area (Å²) in [5.41, 5.74) is 1.53. The van der Waals surface area contributed by atoms with Gasteiger partial charge < -0.3 is 0 Å². The first-order chi connectivity index (χ1) is 12.2. The molecule has 0 aliphatic rings. The Bertz CT molecular complexity index is 882. The van der Waals surface area contributed by atoms with E-state index in [-0.39, 0.29) is 0 Å². The third-order valence-electron chi connectivity index (χ3n) is 4.68. The zero-order valence-corrected chi connectivity index (χ0v) is 18.8. The highest BCUT2D eigenvalue weighted by Crippen LogP contribution is 2.30. The van der Waals surface area contributed by atoms with E-state index in [1.54, 1.807) is 6.07 Å². The van der Waals surface area contributed by atoms with E-state index in [0.717, 1.165) is 22.0 Å². The summed E-state index contributed by atoms with van der Waals surface area (Å²) < 4.78 is 39.3. The molecule has 2 aromatic carbocycles. The first-order valence-electron chi connectivity index (χ1n) is 8.98. The Morgan fingerprint density at radius 3 is 1.93 bits per heavy atom. The van der Waals surface area contributed by atoms with E-state index in [1.807, 2.05) is 0 Å². The molecule has 0 radical (unpaired) electrons. The lowest BCUT2D eigenvalue weighted by Crippen LogP contribution is -2.46. The fourth-order valence-corrected chi connectivity index (χ4v) is 6.59. The predicted molar refractivity (Wildman–Crippen MR) is 111 cm³/mol. The smallest absolute Gasteiger partial charge is 0.192 e. The lowest BCUT2D eigenvalue weighted by Gasteiger charge is -2.27. The minimum Gasteiger partial charge on any atom is -0.192 e. The average Bonchev–Trinajstić information content (AvgIpc) is 2.52. The number of nitriles is 1. The monoisotopic (exact) mass is 405 g/mol. The van der Waals surface area contributed by atoms with Crippen molar-refractivity contribution in [2.45, 2.75) is 51.9 Å². The number of nitrogens with zero attached hydrogens (tertiary/aromatic N) is 1. The molecule has 0 fully saturated rings. The van der Waals surface area contributed by atoms with Crippen LogP contribution < -0.4 is 10.4 Å². The second-order valence-corrected chi connectivity index (χ2v) is 19.1. The van der Waals surface area contributed by atoms with Crippen molar-refractivity contribution in [3.8, 4) is 6.07 Å². The van der Waals surface area contributed by atoms with Gasteiger partial charge in [0.1, 0.15) is 0 Å². The van der Waals surface area contributed by atoms with Gasteiger partial charge in [0.25, 0.3) is 0 Å². The molecule has 2 aromatic rings. The van der Waals surface area contributed by atoms with Crippen LogP contribution >= 0.6 is 0 Å². The first-order valence-corrected chi connectivity index (χ1v) is 16.0. The van der Waals surface area contributed by atoms with Gasteiger partial charge >= 0.3 is 6.18 Å². The van der Waals surface area contributed by atoms with Gasteiger partial charge in [-0.25, -0.2) is 0 Å². The van der Waals surface area contributed by atoms with Crippen molar-refractivity contribution in [1.82, 2.24) is 0 Å². The predicted octanol–water partition coefficient (Wildman–Crippen LogP) is 5.26. The maximum absolute atomic E-state index is 13.1. The highest BCUT2D eigenvalue weighted by molar-refractivity contribution is 6.90. The second kappa shape index (κ2) is 7.29. The molecule has 0 saturated carbocycles. The molecule has 0 aromatic heterocycles. The molecule has 0 unspecified atom stereocenters. The lowest BCUT2D eigenvalue weighted by molar-refractivity contribution is -0.137. The minimum absolute atomic E-state index is 0.352. The van der Waals surface area contributed by atoms with Crippen LogP contribution in [0.25, 0.3) is 0 Å². The summed E-state index contributed by atoms with van der Waals surface area (Å²) >= 11 is 0. The van der Waals surface area contributed by atoms with Crippen molar-refractivity contribution in [1.29, 1.82) is 5.26 Å². The average molecular weight is 406 g/mol. The summed E-state index contributed by atoms with van der Waals surface area (Å²) in [4.78, 5) is 0. The van der Waals surface area contributed by atoms with Crippen LogP contribution in [0.2, 0.25) is 39.3 Å². The fraction of sp³-hybridized carbons (Fsp3) is 0.381. The van der Waals surface area contributed by atoms with Crippen LogP contribution in [0.15, 0.2) is 36.4 Å². The molecular weight excluding hydrogens is 379 g/mol. The molecule has 144 valence electrons. The molecule has 0 spiro atoms. The summed E-state index contributed by atoms with van der Waals surface area (Å²) in [6.07, 6.45) is -4.01. The van der Waals surface area contributed by atoms with Crippen molar-refractivity contribution >= 4 is 26.5 Å². The Morgan fingerprint density at radius 1 is 0.889 bits per heavy atom. The Kier molecular flexibility index (Phi) is 5.79. The van der Waals surface area contributed by atoms with Gasteiger partial charge in [0, 0.05) is 0 Å². The zero-order valence-electron chi connectivity index (χ0n) is 16.8. The number of hydrogen-bond acceptors (Lipinski definition) is 1.